The van der Waals surface area contributed by atoms with E-state index in [0.29, 0.717) is 22.8 Å². The second kappa shape index (κ2) is 10.4. The minimum Gasteiger partial charge on any atom is -0.355 e. The number of likely N-dealkylation sites (tertiary alicyclic amines) is 1. The van der Waals surface area contributed by atoms with Crippen LogP contribution in [0.5, 0.6) is 0 Å². The Morgan fingerprint density at radius 1 is 1.19 bits per heavy atom. The summed E-state index contributed by atoms with van der Waals surface area (Å²) in [6.07, 6.45) is 6.15. The monoisotopic (exact) mass is 380 g/mol. The summed E-state index contributed by atoms with van der Waals surface area (Å²) in [5, 5.41) is 5.75. The van der Waals surface area contributed by atoms with Gasteiger partial charge in [-0.3, -0.25) is 4.79 Å². The molecular formula is C19H29ClN4O2. The van der Waals surface area contributed by atoms with Crippen LogP contribution < -0.4 is 10.6 Å². The number of amides is 3. The van der Waals surface area contributed by atoms with Crippen molar-refractivity contribution in [2.45, 2.75) is 32.1 Å². The third-order valence-corrected chi connectivity index (χ3v) is 5.04. The predicted molar refractivity (Wildman–Crippen MR) is 106 cm³/mol. The third-order valence-electron chi connectivity index (χ3n) is 4.71. The normalized spacial score (nSPS) is 15.2. The van der Waals surface area contributed by atoms with Crippen LogP contribution in [-0.2, 0) is 0 Å². The minimum absolute atomic E-state index is 0.219. The number of nitrogens with one attached hydrogen (secondary N) is 2. The van der Waals surface area contributed by atoms with Crippen LogP contribution in [0.25, 0.3) is 0 Å². The highest BCUT2D eigenvalue weighted by molar-refractivity contribution is 6.33. The summed E-state index contributed by atoms with van der Waals surface area (Å²) < 4.78 is 0. The van der Waals surface area contributed by atoms with Gasteiger partial charge in [-0.05, 0) is 57.1 Å². The zero-order valence-corrected chi connectivity index (χ0v) is 16.4. The molecule has 144 valence electrons. The molecule has 0 aliphatic carbocycles. The molecular weight excluding hydrogens is 352 g/mol. The SMILES string of the molecule is CNC(=O)c1ccc(Cl)c(NC(=O)N(C)CCCN2CCCCCC2)c1. The Balaban J connectivity index is 1.83. The quantitative estimate of drug-likeness (QED) is 0.794. The minimum atomic E-state index is -0.225. The van der Waals surface area contributed by atoms with Gasteiger partial charge in [-0.1, -0.05) is 24.4 Å². The number of carbonyl (C=O) groups excluding carboxylic acids is 2. The van der Waals surface area contributed by atoms with Crippen LogP contribution in [0.2, 0.25) is 5.02 Å². The Bertz CT molecular complexity index is 616. The van der Waals surface area contributed by atoms with E-state index in [1.807, 2.05) is 0 Å². The second-order valence-corrected chi connectivity index (χ2v) is 7.14. The standard InChI is InChI=1S/C19H29ClN4O2/c1-21-18(25)15-8-9-16(20)17(14-15)22-19(26)23(2)10-7-13-24-11-5-3-4-6-12-24/h8-9,14H,3-7,10-13H2,1-2H3,(H,21,25)(H,22,26). The molecule has 1 heterocycles. The lowest BCUT2D eigenvalue weighted by molar-refractivity contribution is 0.0963. The van der Waals surface area contributed by atoms with Crippen molar-refractivity contribution >= 4 is 29.2 Å². The number of benzene rings is 1. The van der Waals surface area contributed by atoms with E-state index < -0.39 is 0 Å². The number of nitrogens with zero attached hydrogens (tertiary/aromatic N) is 2. The van der Waals surface area contributed by atoms with Gasteiger partial charge in [0.15, 0.2) is 0 Å². The number of urea groups is 1. The van der Waals surface area contributed by atoms with Crippen LogP contribution in [-0.4, -0.2) is 62.0 Å². The van der Waals surface area contributed by atoms with Gasteiger partial charge >= 0.3 is 6.03 Å². The highest BCUT2D eigenvalue weighted by Crippen LogP contribution is 2.23. The molecule has 2 rings (SSSR count). The Morgan fingerprint density at radius 3 is 2.54 bits per heavy atom. The Labute approximate surface area is 160 Å². The fourth-order valence-corrected chi connectivity index (χ4v) is 3.27. The summed E-state index contributed by atoms with van der Waals surface area (Å²) in [6, 6.07) is 4.60. The van der Waals surface area contributed by atoms with E-state index in [9.17, 15) is 9.59 Å². The van der Waals surface area contributed by atoms with E-state index in [0.717, 1.165) is 26.1 Å². The van der Waals surface area contributed by atoms with Gasteiger partial charge in [0.05, 0.1) is 10.7 Å². The van der Waals surface area contributed by atoms with Crippen LogP contribution in [0.1, 0.15) is 42.5 Å². The van der Waals surface area contributed by atoms with Gasteiger partial charge in [0.1, 0.15) is 0 Å². The first-order valence-corrected chi connectivity index (χ1v) is 9.65. The van der Waals surface area contributed by atoms with Gasteiger partial charge in [0.2, 0.25) is 0 Å². The van der Waals surface area contributed by atoms with E-state index in [1.165, 1.54) is 25.7 Å². The number of hydrogen-bond acceptors (Lipinski definition) is 3. The molecule has 0 saturated carbocycles. The van der Waals surface area contributed by atoms with Crippen molar-refractivity contribution in [3.05, 3.63) is 28.8 Å². The molecule has 6 nitrogen and oxygen atoms in total. The fourth-order valence-electron chi connectivity index (χ4n) is 3.11. The molecule has 1 aromatic rings. The van der Waals surface area contributed by atoms with E-state index in [1.54, 1.807) is 37.2 Å². The fraction of sp³-hybridized carbons (Fsp3) is 0.579. The molecule has 0 bridgehead atoms. The van der Waals surface area contributed by atoms with E-state index in [2.05, 4.69) is 15.5 Å². The van der Waals surface area contributed by atoms with Gasteiger partial charge < -0.3 is 20.4 Å². The van der Waals surface area contributed by atoms with E-state index in [4.69, 9.17) is 11.6 Å². The van der Waals surface area contributed by atoms with Crippen LogP contribution in [0.4, 0.5) is 10.5 Å². The van der Waals surface area contributed by atoms with Gasteiger partial charge in [-0.25, -0.2) is 4.79 Å². The number of halogens is 1. The van der Waals surface area contributed by atoms with Crippen LogP contribution in [0.3, 0.4) is 0 Å². The molecule has 0 aromatic heterocycles. The molecule has 26 heavy (non-hydrogen) atoms. The Morgan fingerprint density at radius 2 is 1.88 bits per heavy atom. The maximum atomic E-state index is 12.4. The Kier molecular flexibility index (Phi) is 8.19. The van der Waals surface area contributed by atoms with Crippen LogP contribution in [0, 0.1) is 0 Å². The number of carbonyl (C=O) groups is 2. The molecule has 1 fully saturated rings. The maximum absolute atomic E-state index is 12.4. The number of rotatable bonds is 6. The van der Waals surface area contributed by atoms with Gasteiger partial charge in [0, 0.05) is 26.2 Å². The van der Waals surface area contributed by atoms with E-state index in [-0.39, 0.29) is 11.9 Å². The lowest BCUT2D eigenvalue weighted by Crippen LogP contribution is -2.34. The molecule has 1 aliphatic rings. The molecule has 1 aromatic carbocycles. The topological polar surface area (TPSA) is 64.7 Å². The third kappa shape index (κ3) is 6.18. The number of hydrogen-bond donors (Lipinski definition) is 2. The van der Waals surface area contributed by atoms with Gasteiger partial charge in [0.25, 0.3) is 5.91 Å². The largest absolute Gasteiger partial charge is 0.355 e. The summed E-state index contributed by atoms with van der Waals surface area (Å²) in [6.45, 7) is 4.02. The average molecular weight is 381 g/mol. The van der Waals surface area contributed by atoms with Crippen molar-refractivity contribution in [3.8, 4) is 0 Å². The molecule has 3 amide bonds. The second-order valence-electron chi connectivity index (χ2n) is 6.73. The number of anilines is 1. The van der Waals surface area contributed by atoms with Crippen molar-refractivity contribution in [2.24, 2.45) is 0 Å². The summed E-state index contributed by atoms with van der Waals surface area (Å²) in [4.78, 5) is 28.3. The van der Waals surface area contributed by atoms with Crippen molar-refractivity contribution in [2.75, 3.05) is 45.6 Å². The highest BCUT2D eigenvalue weighted by atomic mass is 35.5. The zero-order valence-electron chi connectivity index (χ0n) is 15.7. The van der Waals surface area contributed by atoms with Crippen molar-refractivity contribution in [1.82, 2.24) is 15.1 Å². The van der Waals surface area contributed by atoms with Crippen molar-refractivity contribution < 1.29 is 9.59 Å². The first-order chi connectivity index (χ1) is 12.5. The summed E-state index contributed by atoms with van der Waals surface area (Å²) >= 11 is 6.14. The van der Waals surface area contributed by atoms with Crippen LogP contribution in [0.15, 0.2) is 18.2 Å². The molecule has 0 unspecified atom stereocenters. The molecule has 0 radical (unpaired) electrons. The lowest BCUT2D eigenvalue weighted by atomic mass is 10.2. The summed E-state index contributed by atoms with van der Waals surface area (Å²) in [5.41, 5.74) is 0.896. The molecule has 0 spiro atoms. The van der Waals surface area contributed by atoms with Crippen molar-refractivity contribution in [3.63, 3.8) is 0 Å². The Hall–Kier alpha value is -1.79. The lowest BCUT2D eigenvalue weighted by Gasteiger charge is -2.23. The summed E-state index contributed by atoms with van der Waals surface area (Å²) in [5.74, 6) is -0.219. The van der Waals surface area contributed by atoms with E-state index >= 15 is 0 Å². The molecule has 1 aliphatic heterocycles. The average Bonchev–Trinajstić information content (AvgIpc) is 2.91. The van der Waals surface area contributed by atoms with Gasteiger partial charge in [-0.2, -0.15) is 0 Å². The summed E-state index contributed by atoms with van der Waals surface area (Å²) in [7, 11) is 3.33. The van der Waals surface area contributed by atoms with Gasteiger partial charge in [-0.15, -0.1) is 0 Å². The maximum Gasteiger partial charge on any atom is 0.321 e. The highest BCUT2D eigenvalue weighted by Gasteiger charge is 2.14. The molecule has 1 saturated heterocycles. The van der Waals surface area contributed by atoms with Crippen LogP contribution >= 0.6 is 11.6 Å². The smallest absolute Gasteiger partial charge is 0.321 e. The molecule has 7 heteroatoms. The first kappa shape index (κ1) is 20.5. The first-order valence-electron chi connectivity index (χ1n) is 9.27. The predicted octanol–water partition coefficient (Wildman–Crippen LogP) is 3.43. The molecule has 0 atom stereocenters. The zero-order chi connectivity index (χ0) is 18.9. The molecule has 2 N–H and O–H groups in total. The van der Waals surface area contributed by atoms with Crippen molar-refractivity contribution in [1.29, 1.82) is 0 Å².